The van der Waals surface area contributed by atoms with Crippen molar-refractivity contribution in [3.05, 3.63) is 211 Å². The molecule has 0 aliphatic carbocycles. The summed E-state index contributed by atoms with van der Waals surface area (Å²) in [7, 11) is 0. The Morgan fingerprint density at radius 3 is 1.43 bits per heavy atom. The summed E-state index contributed by atoms with van der Waals surface area (Å²) < 4.78 is 2.26. The van der Waals surface area contributed by atoms with Crippen molar-refractivity contribution in [3.8, 4) is 91.2 Å². The summed E-state index contributed by atoms with van der Waals surface area (Å²) in [5.74, 6) is 0.579. The minimum absolute atomic E-state index is 0.509. The van der Waals surface area contributed by atoms with Gasteiger partial charge in [0, 0.05) is 49.7 Å². The fourth-order valence-electron chi connectivity index (χ4n) is 8.35. The van der Waals surface area contributed by atoms with E-state index in [1.807, 2.05) is 152 Å². The van der Waals surface area contributed by atoms with Gasteiger partial charge in [-0.15, -0.1) is 0 Å². The monoisotopic (exact) mass is 776 g/mol. The van der Waals surface area contributed by atoms with E-state index in [0.29, 0.717) is 28.2 Å². The van der Waals surface area contributed by atoms with Crippen molar-refractivity contribution in [2.24, 2.45) is 0 Å². The van der Waals surface area contributed by atoms with Crippen LogP contribution < -0.4 is 0 Å². The molecule has 0 fully saturated rings. The lowest BCUT2D eigenvalue weighted by Crippen LogP contribution is -2.04. The van der Waals surface area contributed by atoms with Crippen molar-refractivity contribution in [2.45, 2.75) is 0 Å². The zero-order valence-corrected chi connectivity index (χ0v) is 32.7. The van der Waals surface area contributed by atoms with E-state index in [9.17, 15) is 15.8 Å². The van der Waals surface area contributed by atoms with Gasteiger partial charge in [0.2, 0.25) is 0 Å². The molecule has 6 nitrogen and oxygen atoms in total. The van der Waals surface area contributed by atoms with E-state index in [2.05, 4.69) is 65.2 Å². The van der Waals surface area contributed by atoms with Crippen molar-refractivity contribution in [1.29, 1.82) is 15.8 Å². The van der Waals surface area contributed by atoms with E-state index in [-0.39, 0.29) is 0 Å². The molecule has 61 heavy (non-hydrogen) atoms. The Hall–Kier alpha value is -8.89. The Labute approximate surface area is 352 Å². The minimum atomic E-state index is 0.509. The largest absolute Gasteiger partial charge is 0.308 e. The van der Waals surface area contributed by atoms with Gasteiger partial charge in [-0.05, 0) is 65.7 Å². The van der Waals surface area contributed by atoms with Crippen molar-refractivity contribution in [2.75, 3.05) is 0 Å². The SMILES string of the molecule is N#Cc1ccccc1-c1ccc2c(c1)c1ccccc1n2-c1c(-c2ccccc2C#N)cc(-c2cc(-c3ccccc3)nc(-c3ccccc3)n2)cc1-c1ccccc1C#N. The fraction of sp³-hybridized carbons (Fsp3) is 0. The highest BCUT2D eigenvalue weighted by molar-refractivity contribution is 6.12. The highest BCUT2D eigenvalue weighted by atomic mass is 15.0. The fourth-order valence-corrected chi connectivity index (χ4v) is 8.35. The first kappa shape index (κ1) is 36.5. The van der Waals surface area contributed by atoms with Gasteiger partial charge in [0.1, 0.15) is 0 Å². The predicted octanol–water partition coefficient (Wildman–Crippen LogP) is 13.2. The summed E-state index contributed by atoms with van der Waals surface area (Å²) in [6.07, 6.45) is 0. The van der Waals surface area contributed by atoms with Crippen LogP contribution in [0, 0.1) is 34.0 Å². The third-order valence-electron chi connectivity index (χ3n) is 11.2. The molecule has 0 bridgehead atoms. The number of nitrogens with zero attached hydrogens (tertiary/aromatic N) is 6. The molecule has 0 unspecified atom stereocenters. The topological polar surface area (TPSA) is 102 Å². The molecule has 0 spiro atoms. The number of hydrogen-bond acceptors (Lipinski definition) is 5. The Balaban J connectivity index is 1.35. The van der Waals surface area contributed by atoms with Crippen LogP contribution in [0.4, 0.5) is 0 Å². The molecule has 2 aromatic heterocycles. The second-order valence-corrected chi connectivity index (χ2v) is 14.7. The zero-order chi connectivity index (χ0) is 41.3. The molecule has 2 heterocycles. The molecule has 0 saturated carbocycles. The number of para-hydroxylation sites is 1. The van der Waals surface area contributed by atoms with Crippen molar-refractivity contribution in [1.82, 2.24) is 14.5 Å². The van der Waals surface area contributed by atoms with Gasteiger partial charge in [0.25, 0.3) is 0 Å². The Kier molecular flexibility index (Phi) is 9.24. The maximum atomic E-state index is 10.7. The van der Waals surface area contributed by atoms with Crippen molar-refractivity contribution < 1.29 is 0 Å². The summed E-state index contributed by atoms with van der Waals surface area (Å²) in [5, 5.41) is 33.4. The van der Waals surface area contributed by atoms with E-state index in [0.717, 1.165) is 83.3 Å². The van der Waals surface area contributed by atoms with Crippen LogP contribution in [0.5, 0.6) is 0 Å². The van der Waals surface area contributed by atoms with Crippen LogP contribution in [-0.4, -0.2) is 14.5 Å². The summed E-state index contributed by atoms with van der Waals surface area (Å²) in [4.78, 5) is 10.3. The van der Waals surface area contributed by atoms with E-state index < -0.39 is 0 Å². The van der Waals surface area contributed by atoms with Crippen LogP contribution in [0.25, 0.3) is 94.8 Å². The Morgan fingerprint density at radius 2 is 0.820 bits per heavy atom. The number of rotatable bonds is 7. The average Bonchev–Trinajstić information content (AvgIpc) is 3.67. The average molecular weight is 777 g/mol. The number of benzene rings is 8. The summed E-state index contributed by atoms with van der Waals surface area (Å²) >= 11 is 0. The highest BCUT2D eigenvalue weighted by Gasteiger charge is 2.25. The van der Waals surface area contributed by atoms with E-state index in [4.69, 9.17) is 9.97 Å². The molecule has 0 radical (unpaired) electrons. The molecule has 0 N–H and O–H groups in total. The van der Waals surface area contributed by atoms with Crippen LogP contribution in [0.2, 0.25) is 0 Å². The predicted molar refractivity (Wildman–Crippen MR) is 243 cm³/mol. The Bertz CT molecular complexity index is 3320. The molecular formula is C55H32N6. The highest BCUT2D eigenvalue weighted by Crippen LogP contribution is 2.46. The molecule has 0 atom stereocenters. The molecule has 0 amide bonds. The summed E-state index contributed by atoms with van der Waals surface area (Å²) in [6, 6.07) is 71.1. The molecule has 282 valence electrons. The van der Waals surface area contributed by atoms with Gasteiger partial charge in [0.15, 0.2) is 5.82 Å². The number of fused-ring (bicyclic) bond motifs is 3. The molecule has 6 heteroatoms. The number of aromatic nitrogens is 3. The zero-order valence-electron chi connectivity index (χ0n) is 32.7. The first-order chi connectivity index (χ1) is 30.1. The minimum Gasteiger partial charge on any atom is -0.308 e. The van der Waals surface area contributed by atoms with Crippen LogP contribution in [0.3, 0.4) is 0 Å². The van der Waals surface area contributed by atoms with Gasteiger partial charge in [0.05, 0.1) is 63.0 Å². The van der Waals surface area contributed by atoms with Gasteiger partial charge >= 0.3 is 0 Å². The van der Waals surface area contributed by atoms with E-state index >= 15 is 0 Å². The molecule has 10 aromatic rings. The maximum absolute atomic E-state index is 10.7. The van der Waals surface area contributed by atoms with Gasteiger partial charge in [-0.2, -0.15) is 15.8 Å². The molecular weight excluding hydrogens is 745 g/mol. The second-order valence-electron chi connectivity index (χ2n) is 14.7. The molecule has 10 rings (SSSR count). The number of hydrogen-bond donors (Lipinski definition) is 0. The Morgan fingerprint density at radius 1 is 0.344 bits per heavy atom. The van der Waals surface area contributed by atoms with Crippen molar-refractivity contribution >= 4 is 21.8 Å². The lowest BCUT2D eigenvalue weighted by molar-refractivity contribution is 1.17. The first-order valence-corrected chi connectivity index (χ1v) is 19.8. The second kappa shape index (κ2) is 15.5. The number of nitriles is 3. The smallest absolute Gasteiger partial charge is 0.160 e. The molecule has 0 aliphatic rings. The van der Waals surface area contributed by atoms with Crippen LogP contribution >= 0.6 is 0 Å². The van der Waals surface area contributed by atoms with Gasteiger partial charge in [-0.25, -0.2) is 9.97 Å². The standard InChI is InChI=1S/C55H32N6/c56-33-39-19-7-10-22-43(39)38-27-28-53-47(29-38)46-25-13-14-26-52(46)61(53)54-48(44-23-11-8-20-40(44)34-57)30-42(31-49(54)45-24-12-9-21-41(45)35-58)51-32-50(36-15-3-1-4-16-36)59-55(60-51)37-17-5-2-6-18-37/h1-32H. The van der Waals surface area contributed by atoms with Crippen LogP contribution in [0.15, 0.2) is 194 Å². The van der Waals surface area contributed by atoms with Gasteiger partial charge in [-0.3, -0.25) is 0 Å². The van der Waals surface area contributed by atoms with Crippen LogP contribution in [0.1, 0.15) is 16.7 Å². The third kappa shape index (κ3) is 6.46. The molecule has 8 aromatic carbocycles. The van der Waals surface area contributed by atoms with Crippen LogP contribution in [-0.2, 0) is 0 Å². The summed E-state index contributed by atoms with van der Waals surface area (Å²) in [5.41, 5.74) is 13.2. The first-order valence-electron chi connectivity index (χ1n) is 19.8. The third-order valence-corrected chi connectivity index (χ3v) is 11.2. The van der Waals surface area contributed by atoms with Crippen molar-refractivity contribution in [3.63, 3.8) is 0 Å². The van der Waals surface area contributed by atoms with Gasteiger partial charge in [-0.1, -0.05) is 140 Å². The lowest BCUT2D eigenvalue weighted by Gasteiger charge is -2.22. The summed E-state index contributed by atoms with van der Waals surface area (Å²) in [6.45, 7) is 0. The molecule has 0 aliphatic heterocycles. The van der Waals surface area contributed by atoms with Gasteiger partial charge < -0.3 is 4.57 Å². The van der Waals surface area contributed by atoms with E-state index in [1.165, 1.54) is 0 Å². The van der Waals surface area contributed by atoms with E-state index in [1.54, 1.807) is 0 Å². The normalized spacial score (nSPS) is 10.9. The maximum Gasteiger partial charge on any atom is 0.160 e. The lowest BCUT2D eigenvalue weighted by atomic mass is 9.88. The quantitative estimate of drug-likeness (QED) is 0.160. The molecule has 0 saturated heterocycles.